The third-order valence-corrected chi connectivity index (χ3v) is 9.49. The first kappa shape index (κ1) is 26.7. The van der Waals surface area contributed by atoms with Crippen LogP contribution >= 0.6 is 0 Å². The molecule has 0 unspecified atom stereocenters. The van der Waals surface area contributed by atoms with Crippen molar-refractivity contribution in [2.75, 3.05) is 0 Å². The lowest BCUT2D eigenvalue weighted by molar-refractivity contribution is 1.16. The Balaban J connectivity index is 1.24. The van der Waals surface area contributed by atoms with E-state index in [1.165, 1.54) is 32.6 Å². The van der Waals surface area contributed by atoms with E-state index >= 15 is 0 Å². The molecule has 0 N–H and O–H groups in total. The van der Waals surface area contributed by atoms with Gasteiger partial charge >= 0.3 is 0 Å². The summed E-state index contributed by atoms with van der Waals surface area (Å²) in [6, 6.07) is 60.1. The number of nitrogens with zero attached hydrogens (tertiary/aromatic N) is 4. The summed E-state index contributed by atoms with van der Waals surface area (Å²) in [5.41, 5.74) is 10.8. The molecular formula is C44H28N4. The van der Waals surface area contributed by atoms with Gasteiger partial charge in [0.1, 0.15) is 0 Å². The first-order chi connectivity index (χ1) is 23.8. The summed E-state index contributed by atoms with van der Waals surface area (Å²) >= 11 is 0. The van der Waals surface area contributed by atoms with Crippen LogP contribution in [-0.2, 0) is 0 Å². The summed E-state index contributed by atoms with van der Waals surface area (Å²) in [7, 11) is 0. The van der Waals surface area contributed by atoms with Gasteiger partial charge in [-0.05, 0) is 54.6 Å². The predicted octanol–water partition coefficient (Wildman–Crippen LogP) is 11.2. The average molecular weight is 613 g/mol. The van der Waals surface area contributed by atoms with Crippen molar-refractivity contribution in [3.05, 3.63) is 170 Å². The first-order valence-electron chi connectivity index (χ1n) is 16.3. The van der Waals surface area contributed by atoms with Gasteiger partial charge in [-0.15, -0.1) is 0 Å². The van der Waals surface area contributed by atoms with Gasteiger partial charge in [-0.25, -0.2) is 9.97 Å². The van der Waals surface area contributed by atoms with E-state index in [0.29, 0.717) is 5.82 Å². The van der Waals surface area contributed by atoms with E-state index in [1.54, 1.807) is 0 Å². The van der Waals surface area contributed by atoms with Crippen molar-refractivity contribution in [3.63, 3.8) is 0 Å². The summed E-state index contributed by atoms with van der Waals surface area (Å²) in [6.07, 6.45) is 0. The van der Waals surface area contributed by atoms with Crippen LogP contribution in [0.2, 0.25) is 0 Å². The zero-order valence-corrected chi connectivity index (χ0v) is 26.0. The number of hydrogen-bond donors (Lipinski definition) is 0. The second-order valence-electron chi connectivity index (χ2n) is 12.3. The molecule has 0 spiro atoms. The van der Waals surface area contributed by atoms with Gasteiger partial charge in [0, 0.05) is 49.4 Å². The van der Waals surface area contributed by atoms with Crippen LogP contribution in [0.5, 0.6) is 0 Å². The molecular weight excluding hydrogens is 585 g/mol. The van der Waals surface area contributed by atoms with E-state index in [9.17, 15) is 0 Å². The van der Waals surface area contributed by atoms with E-state index in [2.05, 4.69) is 167 Å². The normalized spacial score (nSPS) is 11.8. The number of rotatable bonds is 4. The number of hydrogen-bond acceptors (Lipinski definition) is 2. The summed E-state index contributed by atoms with van der Waals surface area (Å²) in [5, 5.41) is 6.00. The third kappa shape index (κ3) is 4.03. The third-order valence-electron chi connectivity index (χ3n) is 9.49. The second kappa shape index (κ2) is 10.5. The quantitative estimate of drug-likeness (QED) is 0.198. The van der Waals surface area contributed by atoms with Crippen LogP contribution in [0.25, 0.3) is 88.5 Å². The van der Waals surface area contributed by atoms with Gasteiger partial charge in [0.25, 0.3) is 0 Å². The Morgan fingerprint density at radius 3 is 1.58 bits per heavy atom. The SMILES string of the molecule is c1ccc(-c2nc(-c3cccc(-n4c5ccccc5c5cc6c7ccccc7n(-c7ccccc7)c6cc54)c3)nc3ccccc23)cc1. The summed E-state index contributed by atoms with van der Waals surface area (Å²) in [4.78, 5) is 10.2. The number of para-hydroxylation sites is 4. The molecule has 0 radical (unpaired) electrons. The fourth-order valence-electron chi connectivity index (χ4n) is 7.37. The van der Waals surface area contributed by atoms with Crippen molar-refractivity contribution >= 4 is 54.5 Å². The van der Waals surface area contributed by atoms with Gasteiger partial charge in [0.15, 0.2) is 5.82 Å². The van der Waals surface area contributed by atoms with Crippen molar-refractivity contribution < 1.29 is 0 Å². The van der Waals surface area contributed by atoms with Crippen molar-refractivity contribution in [1.29, 1.82) is 0 Å². The Bertz CT molecular complexity index is 2830. The van der Waals surface area contributed by atoms with Crippen molar-refractivity contribution in [1.82, 2.24) is 19.1 Å². The van der Waals surface area contributed by atoms with Crippen molar-refractivity contribution in [2.24, 2.45) is 0 Å². The highest BCUT2D eigenvalue weighted by molar-refractivity contribution is 6.19. The van der Waals surface area contributed by atoms with Crippen LogP contribution < -0.4 is 0 Å². The smallest absolute Gasteiger partial charge is 0.160 e. The Hall–Kier alpha value is -6.52. The highest BCUT2D eigenvalue weighted by Crippen LogP contribution is 2.40. The lowest BCUT2D eigenvalue weighted by Gasteiger charge is -2.12. The molecule has 48 heavy (non-hydrogen) atoms. The first-order valence-corrected chi connectivity index (χ1v) is 16.3. The maximum atomic E-state index is 5.18. The van der Waals surface area contributed by atoms with E-state index in [-0.39, 0.29) is 0 Å². The molecule has 0 saturated carbocycles. The van der Waals surface area contributed by atoms with E-state index in [1.807, 2.05) is 12.1 Å². The molecule has 3 heterocycles. The highest BCUT2D eigenvalue weighted by Gasteiger charge is 2.19. The summed E-state index contributed by atoms with van der Waals surface area (Å²) in [5.74, 6) is 0.710. The monoisotopic (exact) mass is 612 g/mol. The largest absolute Gasteiger partial charge is 0.309 e. The molecule has 224 valence electrons. The average Bonchev–Trinajstić information content (AvgIpc) is 3.66. The Morgan fingerprint density at radius 1 is 0.333 bits per heavy atom. The fourth-order valence-corrected chi connectivity index (χ4v) is 7.37. The molecule has 3 aromatic heterocycles. The van der Waals surface area contributed by atoms with Crippen LogP contribution in [0.4, 0.5) is 0 Å². The highest BCUT2D eigenvalue weighted by atomic mass is 15.0. The lowest BCUT2D eigenvalue weighted by atomic mass is 10.1. The molecule has 0 aliphatic carbocycles. The molecule has 0 aliphatic heterocycles. The molecule has 0 bridgehead atoms. The van der Waals surface area contributed by atoms with Gasteiger partial charge in [0.2, 0.25) is 0 Å². The molecule has 4 heteroatoms. The molecule has 0 atom stereocenters. The minimum Gasteiger partial charge on any atom is -0.309 e. The molecule has 0 aliphatic rings. The van der Waals surface area contributed by atoms with E-state index in [0.717, 1.165) is 50.1 Å². The molecule has 7 aromatic carbocycles. The van der Waals surface area contributed by atoms with Gasteiger partial charge in [-0.1, -0.05) is 115 Å². The maximum Gasteiger partial charge on any atom is 0.160 e. The fraction of sp³-hybridized carbons (Fsp3) is 0. The molecule has 4 nitrogen and oxygen atoms in total. The zero-order chi connectivity index (χ0) is 31.6. The van der Waals surface area contributed by atoms with Crippen molar-refractivity contribution in [3.8, 4) is 34.0 Å². The molecule has 0 saturated heterocycles. The van der Waals surface area contributed by atoms with Crippen LogP contribution in [0.3, 0.4) is 0 Å². The topological polar surface area (TPSA) is 35.6 Å². The van der Waals surface area contributed by atoms with Gasteiger partial charge in [-0.3, -0.25) is 0 Å². The zero-order valence-electron chi connectivity index (χ0n) is 26.0. The number of fused-ring (bicyclic) bond motifs is 7. The van der Waals surface area contributed by atoms with Crippen LogP contribution in [0.1, 0.15) is 0 Å². The van der Waals surface area contributed by atoms with Crippen LogP contribution in [-0.4, -0.2) is 19.1 Å². The van der Waals surface area contributed by atoms with Crippen LogP contribution in [0, 0.1) is 0 Å². The van der Waals surface area contributed by atoms with Crippen LogP contribution in [0.15, 0.2) is 170 Å². The summed E-state index contributed by atoms with van der Waals surface area (Å²) < 4.78 is 4.77. The second-order valence-corrected chi connectivity index (χ2v) is 12.3. The molecule has 10 aromatic rings. The van der Waals surface area contributed by atoms with E-state index < -0.39 is 0 Å². The molecule has 0 amide bonds. The van der Waals surface area contributed by atoms with Gasteiger partial charge in [0.05, 0.1) is 33.3 Å². The van der Waals surface area contributed by atoms with Gasteiger partial charge in [-0.2, -0.15) is 0 Å². The maximum absolute atomic E-state index is 5.18. The summed E-state index contributed by atoms with van der Waals surface area (Å²) in [6.45, 7) is 0. The number of benzene rings is 7. The van der Waals surface area contributed by atoms with E-state index in [4.69, 9.17) is 9.97 Å². The Kier molecular flexibility index (Phi) is 5.84. The van der Waals surface area contributed by atoms with Gasteiger partial charge < -0.3 is 9.13 Å². The van der Waals surface area contributed by atoms with Crippen molar-refractivity contribution in [2.45, 2.75) is 0 Å². The number of aromatic nitrogens is 4. The Morgan fingerprint density at radius 2 is 0.875 bits per heavy atom. The standard InChI is InChI=1S/C44H28N4/c1-3-14-29(15-4-1)43-35-22-7-10-23-38(35)45-44(46-43)30-16-13-19-32(26-30)48-40-25-12-9-21-34(40)37-27-36-33-20-8-11-24-39(33)47(41(36)28-42(37)48)31-17-5-2-6-18-31/h1-28H. The lowest BCUT2D eigenvalue weighted by Crippen LogP contribution is -1.98. The predicted molar refractivity (Wildman–Crippen MR) is 199 cm³/mol. The Labute approximate surface area is 276 Å². The molecule has 10 rings (SSSR count). The minimum absolute atomic E-state index is 0.710. The minimum atomic E-state index is 0.710. The molecule has 0 fully saturated rings.